The van der Waals surface area contributed by atoms with Crippen LogP contribution in [0.5, 0.6) is 0 Å². The zero-order valence-electron chi connectivity index (χ0n) is 30.0. The van der Waals surface area contributed by atoms with Gasteiger partial charge in [0.1, 0.15) is 0 Å². The highest BCUT2D eigenvalue weighted by atomic mass is 32.1. The SMILES string of the molecule is c1ccc(-n2c3ccccc3c3cc4c(cc32)c2cc3sc5ccccc5c3cc2n4-c2ccc(-c3c4ccccc4n4c3cnc3ccccc34)cc2)cc1. The predicted octanol–water partition coefficient (Wildman–Crippen LogP) is 13.9. The van der Waals surface area contributed by atoms with Crippen LogP contribution in [0, 0.1) is 0 Å². The number of rotatable bonds is 3. The number of fused-ring (bicyclic) bond motifs is 14. The molecule has 5 aromatic heterocycles. The molecule has 8 aromatic carbocycles. The van der Waals surface area contributed by atoms with Crippen molar-refractivity contribution < 1.29 is 0 Å². The molecule has 0 fully saturated rings. The third kappa shape index (κ3) is 4.04. The summed E-state index contributed by atoms with van der Waals surface area (Å²) in [5.74, 6) is 0. The molecule has 13 aromatic rings. The third-order valence-corrected chi connectivity index (χ3v) is 13.0. The Kier molecular flexibility index (Phi) is 6.01. The van der Waals surface area contributed by atoms with Gasteiger partial charge in [0.15, 0.2) is 0 Å². The second kappa shape index (κ2) is 11.2. The molecule has 13 rings (SSSR count). The van der Waals surface area contributed by atoms with E-state index in [9.17, 15) is 0 Å². The molecule has 0 aliphatic heterocycles. The van der Waals surface area contributed by atoms with Crippen LogP contribution in [0.2, 0.25) is 0 Å². The Morgan fingerprint density at radius 2 is 0.929 bits per heavy atom. The van der Waals surface area contributed by atoms with E-state index in [0.717, 1.165) is 27.9 Å². The van der Waals surface area contributed by atoms with E-state index in [0.29, 0.717) is 0 Å². The quantitative estimate of drug-likeness (QED) is 0.178. The molecular weight excluding hydrogens is 701 g/mol. The zero-order valence-corrected chi connectivity index (χ0v) is 30.8. The summed E-state index contributed by atoms with van der Waals surface area (Å²) < 4.78 is 9.90. The first kappa shape index (κ1) is 30.2. The van der Waals surface area contributed by atoms with E-state index in [1.165, 1.54) is 85.8 Å². The second-order valence-corrected chi connectivity index (χ2v) is 15.9. The minimum absolute atomic E-state index is 0.988. The van der Waals surface area contributed by atoms with Crippen molar-refractivity contribution in [3.05, 3.63) is 182 Å². The lowest BCUT2D eigenvalue weighted by atomic mass is 10.0. The molecule has 0 radical (unpaired) electrons. The molecule has 0 spiro atoms. The number of thiophene rings is 1. The average Bonchev–Trinajstić information content (AvgIpc) is 3.98. The van der Waals surface area contributed by atoms with Crippen LogP contribution >= 0.6 is 11.3 Å². The molecule has 0 saturated heterocycles. The fraction of sp³-hybridized carbons (Fsp3) is 0. The minimum Gasteiger partial charge on any atom is -0.309 e. The molecule has 260 valence electrons. The van der Waals surface area contributed by atoms with Gasteiger partial charge in [-0.15, -0.1) is 11.3 Å². The lowest BCUT2D eigenvalue weighted by Crippen LogP contribution is -1.95. The van der Waals surface area contributed by atoms with Gasteiger partial charge in [-0.1, -0.05) is 97.1 Å². The first-order valence-corrected chi connectivity index (χ1v) is 19.9. The highest BCUT2D eigenvalue weighted by molar-refractivity contribution is 7.25. The lowest BCUT2D eigenvalue weighted by molar-refractivity contribution is 1.18. The molecular formula is C51H30N4S. The molecule has 0 bridgehead atoms. The van der Waals surface area contributed by atoms with Crippen molar-refractivity contribution in [2.24, 2.45) is 0 Å². The van der Waals surface area contributed by atoms with Crippen LogP contribution in [0.4, 0.5) is 0 Å². The summed E-state index contributed by atoms with van der Waals surface area (Å²) in [5, 5.41) is 8.84. The van der Waals surface area contributed by atoms with Gasteiger partial charge in [0.05, 0.1) is 50.3 Å². The summed E-state index contributed by atoms with van der Waals surface area (Å²) in [6.07, 6.45) is 2.03. The average molecular weight is 731 g/mol. The molecule has 56 heavy (non-hydrogen) atoms. The fourth-order valence-corrected chi connectivity index (χ4v) is 10.6. The Hall–Kier alpha value is -7.21. The maximum Gasteiger partial charge on any atom is 0.0871 e. The first-order chi connectivity index (χ1) is 27.8. The predicted molar refractivity (Wildman–Crippen MR) is 237 cm³/mol. The minimum atomic E-state index is 0.988. The van der Waals surface area contributed by atoms with Gasteiger partial charge in [0.2, 0.25) is 0 Å². The van der Waals surface area contributed by atoms with Crippen LogP contribution in [0.1, 0.15) is 0 Å². The van der Waals surface area contributed by atoms with Crippen LogP contribution in [0.3, 0.4) is 0 Å². The Balaban J connectivity index is 1.10. The molecule has 0 unspecified atom stereocenters. The van der Waals surface area contributed by atoms with E-state index in [4.69, 9.17) is 4.98 Å². The molecule has 0 atom stereocenters. The summed E-state index contributed by atoms with van der Waals surface area (Å²) in [6.45, 7) is 0. The van der Waals surface area contributed by atoms with Crippen LogP contribution < -0.4 is 0 Å². The largest absolute Gasteiger partial charge is 0.309 e. The van der Waals surface area contributed by atoms with Gasteiger partial charge in [-0.05, 0) is 84.4 Å². The van der Waals surface area contributed by atoms with Crippen molar-refractivity contribution in [3.8, 4) is 22.5 Å². The molecule has 0 N–H and O–H groups in total. The Labute approximate surface area is 324 Å². The summed E-state index contributed by atoms with van der Waals surface area (Å²) in [7, 11) is 0. The summed E-state index contributed by atoms with van der Waals surface area (Å²) in [5.41, 5.74) is 13.9. The summed E-state index contributed by atoms with van der Waals surface area (Å²) in [4.78, 5) is 4.90. The zero-order chi connectivity index (χ0) is 36.5. The number of benzene rings is 8. The van der Waals surface area contributed by atoms with Gasteiger partial charge in [0.25, 0.3) is 0 Å². The number of aromatic nitrogens is 4. The van der Waals surface area contributed by atoms with E-state index >= 15 is 0 Å². The maximum atomic E-state index is 4.90. The highest BCUT2D eigenvalue weighted by Crippen LogP contribution is 2.44. The van der Waals surface area contributed by atoms with E-state index in [-0.39, 0.29) is 0 Å². The first-order valence-electron chi connectivity index (χ1n) is 19.0. The Bertz CT molecular complexity index is 3750. The van der Waals surface area contributed by atoms with Gasteiger partial charge in [-0.2, -0.15) is 0 Å². The second-order valence-electron chi connectivity index (χ2n) is 14.8. The summed E-state index contributed by atoms with van der Waals surface area (Å²) >= 11 is 1.88. The highest BCUT2D eigenvalue weighted by Gasteiger charge is 2.21. The number of para-hydroxylation sites is 5. The van der Waals surface area contributed by atoms with E-state index in [2.05, 4.69) is 189 Å². The maximum absolute atomic E-state index is 4.90. The van der Waals surface area contributed by atoms with Crippen LogP contribution in [-0.2, 0) is 0 Å². The number of nitrogens with zero attached hydrogens (tertiary/aromatic N) is 4. The van der Waals surface area contributed by atoms with Crippen molar-refractivity contribution in [2.45, 2.75) is 0 Å². The Morgan fingerprint density at radius 3 is 1.73 bits per heavy atom. The number of hydrogen-bond donors (Lipinski definition) is 0. The molecule has 4 nitrogen and oxygen atoms in total. The number of hydrogen-bond acceptors (Lipinski definition) is 2. The van der Waals surface area contributed by atoms with E-state index < -0.39 is 0 Å². The van der Waals surface area contributed by atoms with E-state index in [1.54, 1.807) is 0 Å². The molecule has 0 saturated carbocycles. The van der Waals surface area contributed by atoms with Crippen LogP contribution in [0.25, 0.3) is 114 Å². The summed E-state index contributed by atoms with van der Waals surface area (Å²) in [6, 6.07) is 64.4. The smallest absolute Gasteiger partial charge is 0.0871 e. The molecule has 5 heteroatoms. The van der Waals surface area contributed by atoms with Crippen molar-refractivity contribution >= 4 is 103 Å². The van der Waals surface area contributed by atoms with Gasteiger partial charge < -0.3 is 13.5 Å². The standard InChI is InChI=1S/C51H30N4S/c1-2-12-32(13-3-1)53-42-18-8-4-14-34(42)37-26-46-38(27-45(37)53)39-29-50-40(35-15-6-11-21-49(35)56-50)28-47(39)54(46)33-24-22-31(23-25-33)51-36-16-5-9-19-43(36)55-44-20-10-7-17-41(44)52-30-48(51)55/h1-30H. The molecule has 0 amide bonds. The molecule has 0 aliphatic carbocycles. The Morgan fingerprint density at radius 1 is 0.357 bits per heavy atom. The van der Waals surface area contributed by atoms with Crippen molar-refractivity contribution in [3.63, 3.8) is 0 Å². The lowest BCUT2D eigenvalue weighted by Gasteiger charge is -2.11. The topological polar surface area (TPSA) is 27.2 Å². The third-order valence-electron chi connectivity index (χ3n) is 11.8. The monoisotopic (exact) mass is 730 g/mol. The normalized spacial score (nSPS) is 12.3. The van der Waals surface area contributed by atoms with E-state index in [1.807, 2.05) is 17.5 Å². The molecule has 5 heterocycles. The van der Waals surface area contributed by atoms with Gasteiger partial charge in [-0.25, -0.2) is 0 Å². The van der Waals surface area contributed by atoms with Crippen molar-refractivity contribution in [1.29, 1.82) is 0 Å². The van der Waals surface area contributed by atoms with Gasteiger partial charge in [-0.3, -0.25) is 4.98 Å². The van der Waals surface area contributed by atoms with Crippen molar-refractivity contribution in [1.82, 2.24) is 18.5 Å². The van der Waals surface area contributed by atoms with Crippen molar-refractivity contribution in [2.75, 3.05) is 0 Å². The van der Waals surface area contributed by atoms with Crippen LogP contribution in [-0.4, -0.2) is 18.5 Å². The fourth-order valence-electron chi connectivity index (χ4n) is 9.44. The molecule has 0 aliphatic rings. The van der Waals surface area contributed by atoms with Gasteiger partial charge in [0, 0.05) is 64.0 Å². The van der Waals surface area contributed by atoms with Crippen LogP contribution in [0.15, 0.2) is 182 Å². The van der Waals surface area contributed by atoms with Gasteiger partial charge >= 0.3 is 0 Å².